The normalized spacial score (nSPS) is 21.1. The molecule has 8 heteroatoms. The molecule has 0 spiro atoms. The van der Waals surface area contributed by atoms with Gasteiger partial charge in [-0.05, 0) is 24.8 Å². The van der Waals surface area contributed by atoms with Gasteiger partial charge in [0.15, 0.2) is 5.96 Å². The molecule has 2 aliphatic rings. The van der Waals surface area contributed by atoms with Crippen LogP contribution in [0.3, 0.4) is 0 Å². The molecule has 2 aliphatic heterocycles. The Morgan fingerprint density at radius 2 is 1.93 bits per heavy atom. The Kier molecular flexibility index (Phi) is 10.3. The lowest BCUT2D eigenvalue weighted by atomic mass is 10.1. The first-order valence-electron chi connectivity index (χ1n) is 10.6. The van der Waals surface area contributed by atoms with Crippen molar-refractivity contribution < 1.29 is 9.53 Å². The molecule has 3 rings (SSSR count). The molecule has 2 atom stereocenters. The van der Waals surface area contributed by atoms with E-state index in [-0.39, 0.29) is 42.5 Å². The molecule has 0 radical (unpaired) electrons. The third-order valence-electron chi connectivity index (χ3n) is 5.71. The van der Waals surface area contributed by atoms with Crippen LogP contribution in [0.1, 0.15) is 24.9 Å². The third kappa shape index (κ3) is 7.39. The minimum absolute atomic E-state index is 0. The maximum atomic E-state index is 12.1. The summed E-state index contributed by atoms with van der Waals surface area (Å²) in [6, 6.07) is 10.5. The number of halogens is 1. The van der Waals surface area contributed by atoms with Crippen LogP contribution < -0.4 is 5.32 Å². The molecule has 168 valence electrons. The average molecular weight is 529 g/mol. The van der Waals surface area contributed by atoms with Crippen LogP contribution in [0.15, 0.2) is 35.3 Å². The zero-order chi connectivity index (χ0) is 20.6. The second-order valence-electron chi connectivity index (χ2n) is 8.22. The number of benzene rings is 1. The lowest BCUT2D eigenvalue weighted by Gasteiger charge is -2.29. The number of rotatable bonds is 6. The number of morpholine rings is 1. The molecule has 30 heavy (non-hydrogen) atoms. The van der Waals surface area contributed by atoms with Crippen LogP contribution in [0.4, 0.5) is 0 Å². The lowest BCUT2D eigenvalue weighted by Crippen LogP contribution is -2.43. The quantitative estimate of drug-likeness (QED) is 0.348. The fraction of sp³-hybridized carbons (Fsp3) is 0.636. The summed E-state index contributed by atoms with van der Waals surface area (Å²) in [6.07, 6.45) is 1.15. The van der Waals surface area contributed by atoms with Crippen molar-refractivity contribution in [3.63, 3.8) is 0 Å². The summed E-state index contributed by atoms with van der Waals surface area (Å²) in [4.78, 5) is 23.2. The minimum Gasteiger partial charge on any atom is -0.379 e. The summed E-state index contributed by atoms with van der Waals surface area (Å²) in [5, 5.41) is 3.57. The SMILES string of the molecule is CC(NC(=NCC(=O)N(C)C)N1CCC(CN2CCOCC2)C1)c1ccccc1.I. The van der Waals surface area contributed by atoms with E-state index in [0.717, 1.165) is 58.3 Å². The van der Waals surface area contributed by atoms with Gasteiger partial charge in [-0.25, -0.2) is 4.99 Å². The van der Waals surface area contributed by atoms with Crippen molar-refractivity contribution in [1.29, 1.82) is 0 Å². The number of ether oxygens (including phenoxy) is 1. The third-order valence-corrected chi connectivity index (χ3v) is 5.71. The summed E-state index contributed by atoms with van der Waals surface area (Å²) >= 11 is 0. The van der Waals surface area contributed by atoms with E-state index in [2.05, 4.69) is 39.2 Å². The molecule has 2 heterocycles. The Bertz CT molecular complexity index is 679. The molecule has 0 bridgehead atoms. The zero-order valence-electron chi connectivity index (χ0n) is 18.4. The van der Waals surface area contributed by atoms with Gasteiger partial charge >= 0.3 is 0 Å². The van der Waals surface area contributed by atoms with Crippen LogP contribution in [0.5, 0.6) is 0 Å². The van der Waals surface area contributed by atoms with Crippen molar-refractivity contribution in [2.24, 2.45) is 10.9 Å². The maximum Gasteiger partial charge on any atom is 0.243 e. The summed E-state index contributed by atoms with van der Waals surface area (Å²) in [5.41, 5.74) is 1.21. The summed E-state index contributed by atoms with van der Waals surface area (Å²) in [7, 11) is 3.54. The van der Waals surface area contributed by atoms with E-state index in [1.807, 2.05) is 18.2 Å². The highest BCUT2D eigenvalue weighted by Crippen LogP contribution is 2.20. The highest BCUT2D eigenvalue weighted by atomic mass is 127. The molecule has 1 aromatic rings. The van der Waals surface area contributed by atoms with E-state index in [4.69, 9.17) is 4.74 Å². The van der Waals surface area contributed by atoms with Gasteiger partial charge in [-0.15, -0.1) is 24.0 Å². The summed E-state index contributed by atoms with van der Waals surface area (Å²) in [6.45, 7) is 9.09. The smallest absolute Gasteiger partial charge is 0.243 e. The van der Waals surface area contributed by atoms with E-state index in [9.17, 15) is 4.79 Å². The molecule has 2 unspecified atom stereocenters. The van der Waals surface area contributed by atoms with Crippen LogP contribution in [-0.4, -0.2) is 93.1 Å². The molecule has 1 N–H and O–H groups in total. The highest BCUT2D eigenvalue weighted by molar-refractivity contribution is 14.0. The Morgan fingerprint density at radius 3 is 2.60 bits per heavy atom. The van der Waals surface area contributed by atoms with Gasteiger partial charge in [0.05, 0.1) is 19.3 Å². The van der Waals surface area contributed by atoms with Crippen LogP contribution in [0.2, 0.25) is 0 Å². The fourth-order valence-electron chi connectivity index (χ4n) is 3.86. The highest BCUT2D eigenvalue weighted by Gasteiger charge is 2.28. The van der Waals surface area contributed by atoms with E-state index >= 15 is 0 Å². The van der Waals surface area contributed by atoms with Crippen molar-refractivity contribution in [2.45, 2.75) is 19.4 Å². The van der Waals surface area contributed by atoms with Crippen LogP contribution in [0.25, 0.3) is 0 Å². The molecule has 0 aromatic heterocycles. The first kappa shape index (κ1) is 24.9. The standard InChI is InChI=1S/C22H35N5O2.HI/c1-18(20-7-5-4-6-8-20)24-22(23-15-21(28)25(2)3)27-10-9-19(17-27)16-26-11-13-29-14-12-26;/h4-8,18-19H,9-17H2,1-3H3,(H,23,24);1H. The number of aliphatic imine (C=N–C) groups is 1. The van der Waals surface area contributed by atoms with Crippen molar-refractivity contribution in [1.82, 2.24) is 20.0 Å². The van der Waals surface area contributed by atoms with Gasteiger partial charge in [0.2, 0.25) is 5.91 Å². The summed E-state index contributed by atoms with van der Waals surface area (Å²) < 4.78 is 5.47. The number of carbonyl (C=O) groups is 1. The number of nitrogens with zero attached hydrogens (tertiary/aromatic N) is 4. The molecular weight excluding hydrogens is 493 g/mol. The number of amides is 1. The first-order valence-corrected chi connectivity index (χ1v) is 10.6. The number of nitrogens with one attached hydrogen (secondary N) is 1. The fourth-order valence-corrected chi connectivity index (χ4v) is 3.86. The first-order chi connectivity index (χ1) is 14.0. The lowest BCUT2D eigenvalue weighted by molar-refractivity contribution is -0.127. The van der Waals surface area contributed by atoms with Crippen LogP contribution in [-0.2, 0) is 9.53 Å². The number of likely N-dealkylation sites (tertiary alicyclic amines) is 1. The van der Waals surface area contributed by atoms with E-state index in [1.165, 1.54) is 5.56 Å². The van der Waals surface area contributed by atoms with E-state index in [0.29, 0.717) is 5.92 Å². The van der Waals surface area contributed by atoms with Crippen LogP contribution in [0, 0.1) is 5.92 Å². The molecular formula is C22H36IN5O2. The second kappa shape index (κ2) is 12.5. The van der Waals surface area contributed by atoms with Gasteiger partial charge in [-0.1, -0.05) is 30.3 Å². The average Bonchev–Trinajstić information content (AvgIpc) is 3.20. The largest absolute Gasteiger partial charge is 0.379 e. The number of carbonyl (C=O) groups excluding carboxylic acids is 1. The van der Waals surface area contributed by atoms with Crippen molar-refractivity contribution in [3.8, 4) is 0 Å². The predicted octanol–water partition coefficient (Wildman–Crippen LogP) is 2.05. The predicted molar refractivity (Wildman–Crippen MR) is 131 cm³/mol. The van der Waals surface area contributed by atoms with Crippen molar-refractivity contribution in [3.05, 3.63) is 35.9 Å². The molecule has 0 saturated carbocycles. The molecule has 2 saturated heterocycles. The van der Waals surface area contributed by atoms with Gasteiger partial charge in [0.25, 0.3) is 0 Å². The Morgan fingerprint density at radius 1 is 1.23 bits per heavy atom. The number of hydrogen-bond acceptors (Lipinski definition) is 4. The van der Waals surface area contributed by atoms with Gasteiger partial charge in [-0.3, -0.25) is 9.69 Å². The molecule has 1 amide bonds. The van der Waals surface area contributed by atoms with E-state index in [1.54, 1.807) is 19.0 Å². The van der Waals surface area contributed by atoms with Gasteiger partial charge in [0.1, 0.15) is 6.54 Å². The summed E-state index contributed by atoms with van der Waals surface area (Å²) in [5.74, 6) is 1.47. The zero-order valence-corrected chi connectivity index (χ0v) is 20.7. The molecule has 2 fully saturated rings. The van der Waals surface area contributed by atoms with E-state index < -0.39 is 0 Å². The monoisotopic (exact) mass is 529 g/mol. The van der Waals surface area contributed by atoms with Crippen molar-refractivity contribution in [2.75, 3.05) is 66.6 Å². The van der Waals surface area contributed by atoms with Gasteiger partial charge in [0, 0.05) is 46.8 Å². The molecule has 0 aliphatic carbocycles. The number of likely N-dealkylation sites (N-methyl/N-ethyl adjacent to an activating group) is 1. The molecule has 7 nitrogen and oxygen atoms in total. The maximum absolute atomic E-state index is 12.1. The Hall–Kier alpha value is -1.39. The Labute approximate surface area is 197 Å². The topological polar surface area (TPSA) is 60.4 Å². The second-order valence-corrected chi connectivity index (χ2v) is 8.22. The van der Waals surface area contributed by atoms with Gasteiger partial charge in [-0.2, -0.15) is 0 Å². The van der Waals surface area contributed by atoms with Crippen LogP contribution >= 0.6 is 24.0 Å². The molecule has 1 aromatic carbocycles. The van der Waals surface area contributed by atoms with Crippen molar-refractivity contribution >= 4 is 35.8 Å². The van der Waals surface area contributed by atoms with Gasteiger partial charge < -0.3 is 19.9 Å². The number of hydrogen-bond donors (Lipinski definition) is 1. The number of guanidine groups is 1. The Balaban J connectivity index is 0.00000320. The minimum atomic E-state index is 0.